The molecule has 1 rings (SSSR count). The maximum Gasteiger partial charge on any atom is 0.326 e. The highest BCUT2D eigenvalue weighted by molar-refractivity contribution is 5.84. The Bertz CT molecular complexity index is 518. The van der Waals surface area contributed by atoms with E-state index in [2.05, 4.69) is 5.32 Å². The van der Waals surface area contributed by atoms with Crippen molar-refractivity contribution in [2.75, 3.05) is 0 Å². The van der Waals surface area contributed by atoms with E-state index in [1.807, 2.05) is 6.07 Å². The predicted octanol–water partition coefficient (Wildman–Crippen LogP) is 1.33. The molecule has 0 saturated heterocycles. The molecule has 0 aliphatic heterocycles. The molecule has 0 aromatic heterocycles. The Labute approximate surface area is 111 Å². The van der Waals surface area contributed by atoms with E-state index in [4.69, 9.17) is 10.4 Å². The van der Waals surface area contributed by atoms with Crippen LogP contribution in [0.25, 0.3) is 0 Å². The van der Waals surface area contributed by atoms with Gasteiger partial charge in [0, 0.05) is 12.3 Å². The van der Waals surface area contributed by atoms with Gasteiger partial charge in [0.05, 0.1) is 11.6 Å². The number of nitrogens with zero attached hydrogens (tertiary/aromatic N) is 1. The summed E-state index contributed by atoms with van der Waals surface area (Å²) < 4.78 is 0. The second-order valence-electron chi connectivity index (χ2n) is 4.57. The Kier molecular flexibility index (Phi) is 5.07. The zero-order chi connectivity index (χ0) is 14.4. The fraction of sp³-hybridized carbons (Fsp3) is 0.357. The van der Waals surface area contributed by atoms with Crippen LogP contribution in [0, 0.1) is 17.2 Å². The zero-order valence-electron chi connectivity index (χ0n) is 10.9. The Hall–Kier alpha value is -2.35. The highest BCUT2D eigenvalue weighted by Crippen LogP contribution is 2.08. The Morgan fingerprint density at radius 3 is 2.63 bits per heavy atom. The lowest BCUT2D eigenvalue weighted by Crippen LogP contribution is -2.44. The van der Waals surface area contributed by atoms with Crippen molar-refractivity contribution in [3.63, 3.8) is 0 Å². The minimum atomic E-state index is -1.09. The number of hydrogen-bond donors (Lipinski definition) is 2. The van der Waals surface area contributed by atoms with Crippen molar-refractivity contribution in [3.05, 3.63) is 35.4 Å². The van der Waals surface area contributed by atoms with Crippen LogP contribution in [0.15, 0.2) is 24.3 Å². The van der Waals surface area contributed by atoms with Gasteiger partial charge in [0.15, 0.2) is 0 Å². The smallest absolute Gasteiger partial charge is 0.326 e. The number of carboxylic acid groups (broad SMARTS) is 1. The van der Waals surface area contributed by atoms with E-state index in [9.17, 15) is 9.59 Å². The Morgan fingerprint density at radius 1 is 1.42 bits per heavy atom. The van der Waals surface area contributed by atoms with Crippen LogP contribution in [0.3, 0.4) is 0 Å². The zero-order valence-corrected chi connectivity index (χ0v) is 10.9. The number of nitriles is 1. The second-order valence-corrected chi connectivity index (χ2v) is 4.57. The third-order valence-corrected chi connectivity index (χ3v) is 2.63. The molecule has 1 atom stereocenters. The van der Waals surface area contributed by atoms with Crippen molar-refractivity contribution in [1.29, 1.82) is 5.26 Å². The summed E-state index contributed by atoms with van der Waals surface area (Å²) in [7, 11) is 0. The summed E-state index contributed by atoms with van der Waals surface area (Å²) in [6, 6.07) is 7.70. The third kappa shape index (κ3) is 4.43. The first-order valence-corrected chi connectivity index (χ1v) is 5.96. The molecule has 0 unspecified atom stereocenters. The molecule has 1 aromatic carbocycles. The molecule has 1 amide bonds. The van der Waals surface area contributed by atoms with Gasteiger partial charge in [0.2, 0.25) is 5.91 Å². The van der Waals surface area contributed by atoms with Crippen molar-refractivity contribution in [1.82, 2.24) is 5.32 Å². The molecule has 0 aliphatic carbocycles. The molecule has 0 radical (unpaired) electrons. The molecule has 2 N–H and O–H groups in total. The van der Waals surface area contributed by atoms with Gasteiger partial charge in [-0.1, -0.05) is 26.0 Å². The summed E-state index contributed by atoms with van der Waals surface area (Å²) in [5, 5.41) is 20.4. The van der Waals surface area contributed by atoms with Crippen molar-refractivity contribution in [3.8, 4) is 6.07 Å². The summed E-state index contributed by atoms with van der Waals surface area (Å²) in [6.07, 6.45) is 0.156. The van der Waals surface area contributed by atoms with Crippen LogP contribution in [0.5, 0.6) is 0 Å². The van der Waals surface area contributed by atoms with Gasteiger partial charge in [-0.25, -0.2) is 4.79 Å². The molecule has 0 aliphatic rings. The van der Waals surface area contributed by atoms with Gasteiger partial charge in [0.1, 0.15) is 6.04 Å². The molecule has 0 fully saturated rings. The summed E-state index contributed by atoms with van der Waals surface area (Å²) in [6.45, 7) is 3.40. The monoisotopic (exact) mass is 260 g/mol. The van der Waals surface area contributed by atoms with Gasteiger partial charge in [-0.3, -0.25) is 4.79 Å². The first kappa shape index (κ1) is 14.7. The van der Waals surface area contributed by atoms with Gasteiger partial charge in [-0.2, -0.15) is 5.26 Å². The van der Waals surface area contributed by atoms with Crippen LogP contribution >= 0.6 is 0 Å². The summed E-state index contributed by atoms with van der Waals surface area (Å²) >= 11 is 0. The van der Waals surface area contributed by atoms with Gasteiger partial charge in [0.25, 0.3) is 0 Å². The average molecular weight is 260 g/mol. The van der Waals surface area contributed by atoms with Crippen LogP contribution in [0.2, 0.25) is 0 Å². The van der Waals surface area contributed by atoms with E-state index in [0.717, 1.165) is 0 Å². The number of hydrogen-bond acceptors (Lipinski definition) is 3. The van der Waals surface area contributed by atoms with Gasteiger partial charge >= 0.3 is 5.97 Å². The third-order valence-electron chi connectivity index (χ3n) is 2.63. The van der Waals surface area contributed by atoms with Crippen molar-refractivity contribution in [2.45, 2.75) is 26.3 Å². The number of carbonyl (C=O) groups is 2. The fourth-order valence-electron chi connectivity index (χ4n) is 1.54. The van der Waals surface area contributed by atoms with Crippen LogP contribution in [0.4, 0.5) is 0 Å². The quantitative estimate of drug-likeness (QED) is 0.835. The first-order valence-electron chi connectivity index (χ1n) is 5.96. The summed E-state index contributed by atoms with van der Waals surface area (Å²) in [4.78, 5) is 22.7. The number of carboxylic acids is 1. The molecule has 5 nitrogen and oxygen atoms in total. The molecule has 0 saturated carbocycles. The van der Waals surface area contributed by atoms with Crippen LogP contribution < -0.4 is 5.32 Å². The van der Waals surface area contributed by atoms with E-state index in [1.165, 1.54) is 0 Å². The normalized spacial score (nSPS) is 11.7. The van der Waals surface area contributed by atoms with E-state index in [-0.39, 0.29) is 18.2 Å². The molecule has 100 valence electrons. The standard InChI is InChI=1S/C14H16N2O3/c1-9(2)13(17)16-12(14(18)19)7-10-4-3-5-11(6-10)8-15/h3-6,9,12H,7H2,1-2H3,(H,16,17)(H,18,19)/t12-/m1/s1. The largest absolute Gasteiger partial charge is 0.480 e. The van der Waals surface area contributed by atoms with Gasteiger partial charge in [-0.15, -0.1) is 0 Å². The van der Waals surface area contributed by atoms with Crippen LogP contribution in [-0.2, 0) is 16.0 Å². The number of amides is 1. The molecule has 5 heteroatoms. The predicted molar refractivity (Wildman–Crippen MR) is 69.3 cm³/mol. The van der Waals surface area contributed by atoms with Gasteiger partial charge < -0.3 is 10.4 Å². The molecule has 0 heterocycles. The SMILES string of the molecule is CC(C)C(=O)N[C@H](Cc1cccc(C#N)c1)C(=O)O. The van der Waals surface area contributed by atoms with E-state index < -0.39 is 12.0 Å². The number of carbonyl (C=O) groups excluding carboxylic acids is 1. The lowest BCUT2D eigenvalue weighted by Gasteiger charge is -2.16. The molecule has 0 bridgehead atoms. The minimum absolute atomic E-state index is 0.156. The number of rotatable bonds is 5. The maximum absolute atomic E-state index is 11.5. The van der Waals surface area contributed by atoms with E-state index in [0.29, 0.717) is 11.1 Å². The summed E-state index contributed by atoms with van der Waals surface area (Å²) in [5.41, 5.74) is 1.17. The van der Waals surface area contributed by atoms with E-state index in [1.54, 1.807) is 38.1 Å². The highest BCUT2D eigenvalue weighted by Gasteiger charge is 2.21. The van der Waals surface area contributed by atoms with Crippen molar-refractivity contribution < 1.29 is 14.7 Å². The summed E-state index contributed by atoms with van der Waals surface area (Å²) in [5.74, 6) is -1.66. The molecule has 1 aromatic rings. The van der Waals surface area contributed by atoms with Crippen molar-refractivity contribution in [2.24, 2.45) is 5.92 Å². The fourth-order valence-corrected chi connectivity index (χ4v) is 1.54. The second kappa shape index (κ2) is 6.55. The molecular weight excluding hydrogens is 244 g/mol. The highest BCUT2D eigenvalue weighted by atomic mass is 16.4. The topological polar surface area (TPSA) is 90.2 Å². The molecule has 19 heavy (non-hydrogen) atoms. The number of aliphatic carboxylic acids is 1. The Morgan fingerprint density at radius 2 is 2.11 bits per heavy atom. The first-order chi connectivity index (χ1) is 8.93. The lowest BCUT2D eigenvalue weighted by atomic mass is 10.0. The van der Waals surface area contributed by atoms with Gasteiger partial charge in [-0.05, 0) is 17.7 Å². The number of nitrogens with one attached hydrogen (secondary N) is 1. The van der Waals surface area contributed by atoms with Crippen LogP contribution in [-0.4, -0.2) is 23.0 Å². The lowest BCUT2D eigenvalue weighted by molar-refractivity contribution is -0.142. The molecular formula is C14H16N2O3. The van der Waals surface area contributed by atoms with Crippen LogP contribution in [0.1, 0.15) is 25.0 Å². The Balaban J connectivity index is 2.81. The average Bonchev–Trinajstić information content (AvgIpc) is 2.37. The minimum Gasteiger partial charge on any atom is -0.480 e. The molecule has 0 spiro atoms. The maximum atomic E-state index is 11.5. The number of benzene rings is 1. The van der Waals surface area contributed by atoms with E-state index >= 15 is 0 Å². The van der Waals surface area contributed by atoms with Crippen molar-refractivity contribution >= 4 is 11.9 Å².